The zero-order chi connectivity index (χ0) is 22.8. The quantitative estimate of drug-likeness (QED) is 0.746. The maximum Gasteiger partial charge on any atom is 0.253 e. The van der Waals surface area contributed by atoms with Gasteiger partial charge in [-0.3, -0.25) is 14.4 Å². The van der Waals surface area contributed by atoms with E-state index in [9.17, 15) is 14.4 Å². The normalized spacial score (nSPS) is 20.1. The third kappa shape index (κ3) is 4.64. The Kier molecular flexibility index (Phi) is 6.40. The maximum atomic E-state index is 13.0. The van der Waals surface area contributed by atoms with Gasteiger partial charge in [0, 0.05) is 23.5 Å². The topological polar surface area (TPSA) is 69.7 Å². The first kappa shape index (κ1) is 22.0. The van der Waals surface area contributed by atoms with Crippen molar-refractivity contribution in [1.82, 2.24) is 10.2 Å². The van der Waals surface area contributed by atoms with Gasteiger partial charge in [-0.15, -0.1) is 11.8 Å². The average molecular weight is 464 g/mol. The molecule has 2 aromatic carbocycles. The van der Waals surface area contributed by atoms with E-state index in [0.717, 1.165) is 56.5 Å². The number of nitrogens with zero attached hydrogens (tertiary/aromatic N) is 2. The summed E-state index contributed by atoms with van der Waals surface area (Å²) >= 11 is 1.46. The second kappa shape index (κ2) is 9.59. The molecule has 6 nitrogen and oxygen atoms in total. The molecule has 3 amide bonds. The third-order valence-electron chi connectivity index (χ3n) is 6.80. The van der Waals surface area contributed by atoms with Crippen LogP contribution in [0.25, 0.3) is 0 Å². The summed E-state index contributed by atoms with van der Waals surface area (Å²) in [4.78, 5) is 43.2. The minimum absolute atomic E-state index is 0.00346. The number of anilines is 1. The van der Waals surface area contributed by atoms with Gasteiger partial charge in [0.2, 0.25) is 11.8 Å². The molecule has 2 aromatic rings. The molecule has 1 fully saturated rings. The molecule has 2 heterocycles. The minimum Gasteiger partial charge on any atom is -0.348 e. The number of rotatable bonds is 4. The Labute approximate surface area is 198 Å². The Morgan fingerprint density at radius 3 is 2.70 bits per heavy atom. The molecule has 3 aliphatic rings. The van der Waals surface area contributed by atoms with E-state index in [-0.39, 0.29) is 30.3 Å². The molecule has 1 saturated heterocycles. The van der Waals surface area contributed by atoms with Gasteiger partial charge in [0.15, 0.2) is 0 Å². The van der Waals surface area contributed by atoms with Crippen LogP contribution in [0.1, 0.15) is 59.6 Å². The van der Waals surface area contributed by atoms with Crippen molar-refractivity contribution in [2.75, 3.05) is 30.3 Å². The number of likely N-dealkylation sites (tertiary alicyclic amines) is 1. The van der Waals surface area contributed by atoms with Crippen molar-refractivity contribution in [3.8, 4) is 0 Å². The van der Waals surface area contributed by atoms with Crippen LogP contribution < -0.4 is 10.2 Å². The van der Waals surface area contributed by atoms with Crippen LogP contribution in [0, 0.1) is 0 Å². The third-order valence-corrected chi connectivity index (χ3v) is 7.85. The lowest BCUT2D eigenvalue weighted by Crippen LogP contribution is -2.44. The van der Waals surface area contributed by atoms with E-state index in [1.54, 1.807) is 11.0 Å². The second-order valence-corrected chi connectivity index (χ2v) is 10.0. The first-order chi connectivity index (χ1) is 16.1. The number of carbonyl (C=O) groups is 3. The number of fused-ring (bicyclic) bond motifs is 2. The SMILES string of the molecule is O=C(CN1C(=O)CSc2ccc(C(=O)N3CCCCC3)cc21)N[C@@H]1CCCc2ccccc21. The zero-order valence-electron chi connectivity index (χ0n) is 18.7. The fraction of sp³-hybridized carbons (Fsp3) is 0.423. The van der Waals surface area contributed by atoms with E-state index in [1.807, 2.05) is 29.2 Å². The Morgan fingerprint density at radius 1 is 1.03 bits per heavy atom. The van der Waals surface area contributed by atoms with E-state index >= 15 is 0 Å². The molecule has 2 aliphatic heterocycles. The van der Waals surface area contributed by atoms with Gasteiger partial charge >= 0.3 is 0 Å². The molecule has 0 unspecified atom stereocenters. The van der Waals surface area contributed by atoms with E-state index < -0.39 is 0 Å². The number of hydrogen-bond acceptors (Lipinski definition) is 4. The van der Waals surface area contributed by atoms with E-state index in [1.165, 1.54) is 22.9 Å². The second-order valence-electron chi connectivity index (χ2n) is 9.02. The fourth-order valence-corrected chi connectivity index (χ4v) is 5.99. The van der Waals surface area contributed by atoms with Gasteiger partial charge in [-0.2, -0.15) is 0 Å². The first-order valence-electron chi connectivity index (χ1n) is 11.8. The molecule has 0 spiro atoms. The molecule has 1 atom stereocenters. The van der Waals surface area contributed by atoms with E-state index in [0.29, 0.717) is 17.0 Å². The van der Waals surface area contributed by atoms with Crippen molar-refractivity contribution in [3.63, 3.8) is 0 Å². The Bertz CT molecular complexity index is 1080. The lowest BCUT2D eigenvalue weighted by atomic mass is 9.88. The zero-order valence-corrected chi connectivity index (χ0v) is 19.5. The Hall–Kier alpha value is -2.80. The predicted molar refractivity (Wildman–Crippen MR) is 130 cm³/mol. The van der Waals surface area contributed by atoms with Crippen LogP contribution in [0.15, 0.2) is 47.4 Å². The molecule has 0 aromatic heterocycles. The maximum absolute atomic E-state index is 13.0. The van der Waals surface area contributed by atoms with Crippen LogP contribution in [0.2, 0.25) is 0 Å². The summed E-state index contributed by atoms with van der Waals surface area (Å²) in [6.45, 7) is 1.52. The van der Waals surface area contributed by atoms with Crippen LogP contribution in [0.5, 0.6) is 0 Å². The molecule has 0 bridgehead atoms. The molecule has 0 radical (unpaired) electrons. The standard InChI is InChI=1S/C26H29N3O3S/c30-24(27-21-10-6-8-18-7-2-3-9-20(18)21)16-29-22-15-19(11-12-23(22)33-17-25(29)31)26(32)28-13-4-1-5-14-28/h2-3,7,9,11-12,15,21H,1,4-6,8,10,13-14,16-17H2,(H,27,30)/t21-/m1/s1. The number of nitrogens with one attached hydrogen (secondary N) is 1. The van der Waals surface area contributed by atoms with Crippen molar-refractivity contribution in [2.45, 2.75) is 49.5 Å². The van der Waals surface area contributed by atoms with Crippen LogP contribution in [0.4, 0.5) is 5.69 Å². The molecule has 0 saturated carbocycles. The van der Waals surface area contributed by atoms with Gasteiger partial charge in [0.1, 0.15) is 6.54 Å². The number of hydrogen-bond donors (Lipinski definition) is 1. The van der Waals surface area contributed by atoms with Crippen molar-refractivity contribution in [1.29, 1.82) is 0 Å². The monoisotopic (exact) mass is 463 g/mol. The van der Waals surface area contributed by atoms with Gasteiger partial charge < -0.3 is 15.1 Å². The minimum atomic E-state index is -0.171. The fourth-order valence-electron chi connectivity index (χ4n) is 5.08. The summed E-state index contributed by atoms with van der Waals surface area (Å²) in [6.07, 6.45) is 6.19. The summed E-state index contributed by atoms with van der Waals surface area (Å²) in [6, 6.07) is 13.8. The summed E-state index contributed by atoms with van der Waals surface area (Å²) in [5.74, 6) is 0.0278. The van der Waals surface area contributed by atoms with Gasteiger partial charge in [-0.1, -0.05) is 24.3 Å². The first-order valence-corrected chi connectivity index (χ1v) is 12.8. The largest absolute Gasteiger partial charge is 0.348 e. The number of carbonyl (C=O) groups excluding carboxylic acids is 3. The molecule has 1 aliphatic carbocycles. The molecular weight excluding hydrogens is 434 g/mol. The highest BCUT2D eigenvalue weighted by Gasteiger charge is 2.30. The van der Waals surface area contributed by atoms with Crippen LogP contribution in [-0.2, 0) is 16.0 Å². The summed E-state index contributed by atoms with van der Waals surface area (Å²) in [5, 5.41) is 3.15. The van der Waals surface area contributed by atoms with Gasteiger partial charge in [0.05, 0.1) is 17.5 Å². The van der Waals surface area contributed by atoms with Gasteiger partial charge in [-0.05, 0) is 67.9 Å². The number of aryl methyl sites for hydroxylation is 1. The van der Waals surface area contributed by atoms with E-state index in [2.05, 4.69) is 17.4 Å². The van der Waals surface area contributed by atoms with Crippen molar-refractivity contribution >= 4 is 35.2 Å². The van der Waals surface area contributed by atoms with Crippen LogP contribution >= 0.6 is 11.8 Å². The number of piperidine rings is 1. The highest BCUT2D eigenvalue weighted by Crippen LogP contribution is 2.36. The summed E-state index contributed by atoms with van der Waals surface area (Å²) in [7, 11) is 0. The number of amides is 3. The molecule has 5 rings (SSSR count). The van der Waals surface area contributed by atoms with Crippen LogP contribution in [-0.4, -0.2) is 48.0 Å². The Morgan fingerprint density at radius 2 is 1.85 bits per heavy atom. The number of benzene rings is 2. The molecule has 33 heavy (non-hydrogen) atoms. The summed E-state index contributed by atoms with van der Waals surface area (Å²) < 4.78 is 0. The highest BCUT2D eigenvalue weighted by atomic mass is 32.2. The lowest BCUT2D eigenvalue weighted by Gasteiger charge is -2.31. The molecule has 7 heteroatoms. The van der Waals surface area contributed by atoms with Crippen molar-refractivity contribution < 1.29 is 14.4 Å². The number of thioether (sulfide) groups is 1. The van der Waals surface area contributed by atoms with Gasteiger partial charge in [0.25, 0.3) is 5.91 Å². The van der Waals surface area contributed by atoms with Crippen LogP contribution in [0.3, 0.4) is 0 Å². The molecule has 1 N–H and O–H groups in total. The lowest BCUT2D eigenvalue weighted by molar-refractivity contribution is -0.123. The smallest absolute Gasteiger partial charge is 0.253 e. The highest BCUT2D eigenvalue weighted by molar-refractivity contribution is 8.00. The molecule has 172 valence electrons. The van der Waals surface area contributed by atoms with Crippen molar-refractivity contribution in [3.05, 3.63) is 59.2 Å². The molecular formula is C26H29N3O3S. The summed E-state index contributed by atoms with van der Waals surface area (Å²) in [5.41, 5.74) is 3.70. The van der Waals surface area contributed by atoms with Gasteiger partial charge in [-0.25, -0.2) is 0 Å². The van der Waals surface area contributed by atoms with E-state index in [4.69, 9.17) is 0 Å². The van der Waals surface area contributed by atoms with Crippen molar-refractivity contribution in [2.24, 2.45) is 0 Å². The average Bonchev–Trinajstić information content (AvgIpc) is 2.86. The predicted octanol–water partition coefficient (Wildman–Crippen LogP) is 3.95. The Balaban J connectivity index is 1.33.